The SMILES string of the molecule is Cc1cnc(C(C)NC(=O)N2CC(O)CC2C(=O)O)o1. The first-order chi connectivity index (χ1) is 9.38. The van der Waals surface area contributed by atoms with Gasteiger partial charge in [0.2, 0.25) is 5.89 Å². The van der Waals surface area contributed by atoms with Gasteiger partial charge in [0.1, 0.15) is 17.8 Å². The van der Waals surface area contributed by atoms with E-state index in [9.17, 15) is 14.7 Å². The molecule has 20 heavy (non-hydrogen) atoms. The van der Waals surface area contributed by atoms with E-state index in [0.29, 0.717) is 11.7 Å². The maximum Gasteiger partial charge on any atom is 0.326 e. The summed E-state index contributed by atoms with van der Waals surface area (Å²) in [7, 11) is 0. The number of carboxylic acid groups (broad SMARTS) is 1. The van der Waals surface area contributed by atoms with Gasteiger partial charge in [0.05, 0.1) is 12.3 Å². The molecule has 1 saturated heterocycles. The Hall–Kier alpha value is -2.09. The molecule has 1 aromatic heterocycles. The van der Waals surface area contributed by atoms with Gasteiger partial charge in [-0.15, -0.1) is 0 Å². The molecular weight excluding hydrogens is 266 g/mol. The third-order valence-electron chi connectivity index (χ3n) is 3.17. The maximum atomic E-state index is 12.1. The lowest BCUT2D eigenvalue weighted by molar-refractivity contribution is -0.141. The number of aromatic nitrogens is 1. The van der Waals surface area contributed by atoms with Crippen LogP contribution in [0.3, 0.4) is 0 Å². The van der Waals surface area contributed by atoms with Crippen molar-refractivity contribution >= 4 is 12.0 Å². The quantitative estimate of drug-likeness (QED) is 0.733. The summed E-state index contributed by atoms with van der Waals surface area (Å²) in [6.45, 7) is 3.42. The molecule has 0 spiro atoms. The second kappa shape index (κ2) is 5.49. The van der Waals surface area contributed by atoms with E-state index in [-0.39, 0.29) is 13.0 Å². The van der Waals surface area contributed by atoms with Crippen molar-refractivity contribution in [3.8, 4) is 0 Å². The number of likely N-dealkylation sites (tertiary alicyclic amines) is 1. The summed E-state index contributed by atoms with van der Waals surface area (Å²) in [5, 5.41) is 21.2. The Morgan fingerprint density at radius 2 is 2.30 bits per heavy atom. The third kappa shape index (κ3) is 2.90. The van der Waals surface area contributed by atoms with Crippen molar-refractivity contribution in [2.75, 3.05) is 6.54 Å². The van der Waals surface area contributed by atoms with Gasteiger partial charge in [0.25, 0.3) is 0 Å². The van der Waals surface area contributed by atoms with E-state index in [1.807, 2.05) is 0 Å². The lowest BCUT2D eigenvalue weighted by atomic mass is 10.2. The van der Waals surface area contributed by atoms with E-state index < -0.39 is 30.2 Å². The van der Waals surface area contributed by atoms with Gasteiger partial charge in [-0.3, -0.25) is 0 Å². The van der Waals surface area contributed by atoms with Crippen molar-refractivity contribution in [3.05, 3.63) is 17.8 Å². The summed E-state index contributed by atoms with van der Waals surface area (Å²) in [5.41, 5.74) is 0. The highest BCUT2D eigenvalue weighted by molar-refractivity contribution is 5.83. The third-order valence-corrected chi connectivity index (χ3v) is 3.17. The fourth-order valence-corrected chi connectivity index (χ4v) is 2.17. The number of β-amino-alcohol motifs (C(OH)–C–C–N with tert-alkyl or cyclic N) is 1. The highest BCUT2D eigenvalue weighted by Gasteiger charge is 2.39. The number of oxazole rings is 1. The van der Waals surface area contributed by atoms with Crippen molar-refractivity contribution in [3.63, 3.8) is 0 Å². The van der Waals surface area contributed by atoms with Crippen LogP contribution in [0.5, 0.6) is 0 Å². The fraction of sp³-hybridized carbons (Fsp3) is 0.583. The predicted molar refractivity (Wildman–Crippen MR) is 66.9 cm³/mol. The molecule has 2 amide bonds. The minimum absolute atomic E-state index is 0.000130. The van der Waals surface area contributed by atoms with Crippen molar-refractivity contribution in [1.82, 2.24) is 15.2 Å². The van der Waals surface area contributed by atoms with E-state index >= 15 is 0 Å². The van der Waals surface area contributed by atoms with E-state index in [2.05, 4.69) is 10.3 Å². The first kappa shape index (κ1) is 14.3. The lowest BCUT2D eigenvalue weighted by Gasteiger charge is -2.23. The molecule has 3 N–H and O–H groups in total. The van der Waals surface area contributed by atoms with Crippen LogP contribution in [-0.4, -0.2) is 50.8 Å². The van der Waals surface area contributed by atoms with E-state index in [0.717, 1.165) is 4.90 Å². The van der Waals surface area contributed by atoms with Crippen LogP contribution in [0.2, 0.25) is 0 Å². The van der Waals surface area contributed by atoms with Crippen LogP contribution in [0.1, 0.15) is 31.0 Å². The first-order valence-corrected chi connectivity index (χ1v) is 6.28. The molecular formula is C12H17N3O5. The highest BCUT2D eigenvalue weighted by Crippen LogP contribution is 2.19. The average Bonchev–Trinajstić information content (AvgIpc) is 2.95. The van der Waals surface area contributed by atoms with E-state index in [4.69, 9.17) is 9.52 Å². The minimum atomic E-state index is -1.13. The van der Waals surface area contributed by atoms with E-state index in [1.165, 1.54) is 6.20 Å². The summed E-state index contributed by atoms with van der Waals surface area (Å²) in [6, 6.07) is -2.05. The summed E-state index contributed by atoms with van der Waals surface area (Å²) >= 11 is 0. The maximum absolute atomic E-state index is 12.1. The normalized spacial score (nSPS) is 23.6. The average molecular weight is 283 g/mol. The molecule has 110 valence electrons. The van der Waals surface area contributed by atoms with Crippen LogP contribution in [0, 0.1) is 6.92 Å². The number of urea groups is 1. The van der Waals surface area contributed by atoms with Gasteiger partial charge < -0.3 is 24.8 Å². The summed E-state index contributed by atoms with van der Waals surface area (Å²) in [4.78, 5) is 28.2. The number of amides is 2. The molecule has 3 unspecified atom stereocenters. The number of hydrogen-bond acceptors (Lipinski definition) is 5. The van der Waals surface area contributed by atoms with Gasteiger partial charge in [-0.25, -0.2) is 14.6 Å². The fourth-order valence-electron chi connectivity index (χ4n) is 2.17. The number of rotatable bonds is 3. The molecule has 2 rings (SSSR count). The van der Waals surface area contributed by atoms with E-state index in [1.54, 1.807) is 13.8 Å². The second-order valence-electron chi connectivity index (χ2n) is 4.88. The Balaban J connectivity index is 2.02. The van der Waals surface area contributed by atoms with Crippen LogP contribution >= 0.6 is 0 Å². The molecule has 2 heterocycles. The highest BCUT2D eigenvalue weighted by atomic mass is 16.4. The molecule has 1 aliphatic rings. The largest absolute Gasteiger partial charge is 0.480 e. The Kier molecular flexibility index (Phi) is 3.93. The molecule has 8 nitrogen and oxygen atoms in total. The molecule has 0 radical (unpaired) electrons. The standard InChI is InChI=1S/C12H17N3O5/c1-6-4-13-10(20-6)7(2)14-12(19)15-5-8(16)3-9(15)11(17)18/h4,7-9,16H,3,5H2,1-2H3,(H,14,19)(H,17,18). The molecule has 0 saturated carbocycles. The zero-order valence-corrected chi connectivity index (χ0v) is 11.2. The predicted octanol–water partition coefficient (Wildman–Crippen LogP) is 0.273. The minimum Gasteiger partial charge on any atom is -0.480 e. The number of aliphatic hydroxyl groups is 1. The van der Waals surface area contributed by atoms with Crippen molar-refractivity contribution < 1.29 is 24.2 Å². The van der Waals surface area contributed by atoms with Gasteiger partial charge in [0, 0.05) is 13.0 Å². The second-order valence-corrected chi connectivity index (χ2v) is 4.88. The molecule has 3 atom stereocenters. The Morgan fingerprint density at radius 3 is 2.85 bits per heavy atom. The zero-order chi connectivity index (χ0) is 14.9. The number of nitrogens with one attached hydrogen (secondary N) is 1. The molecule has 0 aromatic carbocycles. The van der Waals surface area contributed by atoms with Crippen molar-refractivity contribution in [2.45, 2.75) is 38.5 Å². The van der Waals surface area contributed by atoms with Crippen LogP contribution in [-0.2, 0) is 4.79 Å². The summed E-state index contributed by atoms with van der Waals surface area (Å²) < 4.78 is 5.29. The van der Waals surface area contributed by atoms with Gasteiger partial charge in [-0.1, -0.05) is 0 Å². The number of carbonyl (C=O) groups excluding carboxylic acids is 1. The smallest absolute Gasteiger partial charge is 0.326 e. The van der Waals surface area contributed by atoms with Crippen LogP contribution in [0.25, 0.3) is 0 Å². The monoisotopic (exact) mass is 283 g/mol. The summed E-state index contributed by atoms with van der Waals surface area (Å²) in [6.07, 6.45) is 0.758. The molecule has 8 heteroatoms. The number of nitrogens with zero attached hydrogens (tertiary/aromatic N) is 2. The number of aryl methyl sites for hydroxylation is 1. The first-order valence-electron chi connectivity index (χ1n) is 6.28. The van der Waals surface area contributed by atoms with Crippen molar-refractivity contribution in [1.29, 1.82) is 0 Å². The number of carboxylic acids is 1. The summed E-state index contributed by atoms with van der Waals surface area (Å²) in [5.74, 6) is -0.153. The Morgan fingerprint density at radius 1 is 1.60 bits per heavy atom. The van der Waals surface area contributed by atoms with Gasteiger partial charge in [-0.05, 0) is 13.8 Å². The van der Waals surface area contributed by atoms with Gasteiger partial charge in [-0.2, -0.15) is 0 Å². The number of carbonyl (C=O) groups is 2. The van der Waals surface area contributed by atoms with Crippen molar-refractivity contribution in [2.24, 2.45) is 0 Å². The molecule has 0 aliphatic carbocycles. The van der Waals surface area contributed by atoms with Gasteiger partial charge >= 0.3 is 12.0 Å². The molecule has 0 bridgehead atoms. The number of aliphatic hydroxyl groups excluding tert-OH is 1. The molecule has 1 aliphatic heterocycles. The molecule has 1 aromatic rings. The number of aliphatic carboxylic acids is 1. The van der Waals surface area contributed by atoms with Crippen LogP contribution < -0.4 is 5.32 Å². The molecule has 1 fully saturated rings. The topological polar surface area (TPSA) is 116 Å². The Bertz CT molecular complexity index is 515. The Labute approximate surface area is 115 Å². The number of hydrogen-bond donors (Lipinski definition) is 3. The van der Waals surface area contributed by atoms with Crippen LogP contribution in [0.4, 0.5) is 4.79 Å². The van der Waals surface area contributed by atoms with Crippen LogP contribution in [0.15, 0.2) is 10.6 Å². The lowest BCUT2D eigenvalue weighted by Crippen LogP contribution is -2.46. The van der Waals surface area contributed by atoms with Gasteiger partial charge in [0.15, 0.2) is 0 Å². The zero-order valence-electron chi connectivity index (χ0n) is 11.2.